The van der Waals surface area contributed by atoms with Crippen LogP contribution in [0.1, 0.15) is 23.1 Å². The first-order valence-electron chi connectivity index (χ1n) is 9.34. The van der Waals surface area contributed by atoms with Gasteiger partial charge in [-0.3, -0.25) is 14.9 Å². The highest BCUT2D eigenvalue weighted by atomic mass is 16.6. The standard InChI is InChI=1S/C22H24N2O5/c1-15-5-4-6-16(9-15)14-29-22-19(24(26)27)11-17(12-21(22)28-3)10-18-13-23(2)8-7-20(18)25/h4-6,9-12H,7-8,13-14H2,1-3H3/b18-10+. The summed E-state index contributed by atoms with van der Waals surface area (Å²) in [5, 5.41) is 11.7. The van der Waals surface area contributed by atoms with Gasteiger partial charge in [0.2, 0.25) is 5.75 Å². The number of Topliss-reactive ketones (excluding diaryl/α,β-unsaturated/α-hetero) is 1. The molecule has 0 aromatic heterocycles. The summed E-state index contributed by atoms with van der Waals surface area (Å²) in [6.07, 6.45) is 2.14. The van der Waals surface area contributed by atoms with Gasteiger partial charge in [0, 0.05) is 31.1 Å². The van der Waals surface area contributed by atoms with Crippen LogP contribution in [-0.2, 0) is 11.4 Å². The second-order valence-electron chi connectivity index (χ2n) is 7.19. The topological polar surface area (TPSA) is 81.9 Å². The lowest BCUT2D eigenvalue weighted by molar-refractivity contribution is -0.386. The fourth-order valence-electron chi connectivity index (χ4n) is 3.32. The second-order valence-corrected chi connectivity index (χ2v) is 7.19. The van der Waals surface area contributed by atoms with Gasteiger partial charge in [-0.05, 0) is 37.2 Å². The normalized spacial score (nSPS) is 16.1. The molecule has 3 rings (SSSR count). The van der Waals surface area contributed by atoms with Gasteiger partial charge in [-0.1, -0.05) is 29.8 Å². The summed E-state index contributed by atoms with van der Waals surface area (Å²) in [6.45, 7) is 3.38. The summed E-state index contributed by atoms with van der Waals surface area (Å²) in [5.41, 5.74) is 2.96. The Hall–Kier alpha value is -3.19. The van der Waals surface area contributed by atoms with Crippen LogP contribution in [0.2, 0.25) is 0 Å². The lowest BCUT2D eigenvalue weighted by Crippen LogP contribution is -2.32. The molecule has 0 spiro atoms. The Bertz CT molecular complexity index is 968. The lowest BCUT2D eigenvalue weighted by atomic mass is 10.0. The molecule has 7 heteroatoms. The summed E-state index contributed by atoms with van der Waals surface area (Å²) < 4.78 is 11.2. The van der Waals surface area contributed by atoms with Gasteiger partial charge in [0.15, 0.2) is 11.5 Å². The highest BCUT2D eigenvalue weighted by Gasteiger charge is 2.24. The largest absolute Gasteiger partial charge is 0.493 e. The minimum Gasteiger partial charge on any atom is -0.493 e. The van der Waals surface area contributed by atoms with Gasteiger partial charge in [-0.25, -0.2) is 0 Å². The number of aryl methyl sites for hydroxylation is 1. The molecular formula is C22H24N2O5. The molecule has 1 saturated heterocycles. The molecule has 0 radical (unpaired) electrons. The number of rotatable bonds is 6. The molecule has 0 bridgehead atoms. The Labute approximate surface area is 169 Å². The van der Waals surface area contributed by atoms with Crippen molar-refractivity contribution in [2.45, 2.75) is 20.0 Å². The van der Waals surface area contributed by atoms with E-state index in [-0.39, 0.29) is 29.6 Å². The lowest BCUT2D eigenvalue weighted by Gasteiger charge is -2.23. The van der Waals surface area contributed by atoms with Gasteiger partial charge in [0.1, 0.15) is 6.61 Å². The zero-order valence-corrected chi connectivity index (χ0v) is 16.8. The highest BCUT2D eigenvalue weighted by molar-refractivity contribution is 6.00. The summed E-state index contributed by atoms with van der Waals surface area (Å²) in [7, 11) is 3.38. The van der Waals surface area contributed by atoms with Gasteiger partial charge in [-0.15, -0.1) is 0 Å². The number of nitro groups is 1. The van der Waals surface area contributed by atoms with Crippen molar-refractivity contribution in [1.82, 2.24) is 4.90 Å². The van der Waals surface area contributed by atoms with Crippen molar-refractivity contribution in [2.24, 2.45) is 0 Å². The van der Waals surface area contributed by atoms with Gasteiger partial charge in [0.05, 0.1) is 12.0 Å². The maximum atomic E-state index is 12.2. The molecule has 1 fully saturated rings. The average Bonchev–Trinajstić information content (AvgIpc) is 2.69. The van der Waals surface area contributed by atoms with Crippen LogP contribution in [0, 0.1) is 17.0 Å². The van der Waals surface area contributed by atoms with Crippen molar-refractivity contribution in [3.05, 3.63) is 68.8 Å². The smallest absolute Gasteiger partial charge is 0.315 e. The molecule has 0 aliphatic carbocycles. The van der Waals surface area contributed by atoms with Crippen molar-refractivity contribution in [3.63, 3.8) is 0 Å². The van der Waals surface area contributed by atoms with Crippen LogP contribution < -0.4 is 9.47 Å². The van der Waals surface area contributed by atoms with Gasteiger partial charge >= 0.3 is 5.69 Å². The molecule has 2 aromatic rings. The van der Waals surface area contributed by atoms with Crippen LogP contribution in [0.25, 0.3) is 6.08 Å². The number of ketones is 1. The Balaban J connectivity index is 1.95. The van der Waals surface area contributed by atoms with Crippen molar-refractivity contribution in [2.75, 3.05) is 27.2 Å². The molecule has 0 N–H and O–H groups in total. The summed E-state index contributed by atoms with van der Waals surface area (Å²) in [4.78, 5) is 25.4. The van der Waals surface area contributed by atoms with E-state index in [2.05, 4.69) is 0 Å². The van der Waals surface area contributed by atoms with Crippen LogP contribution in [0.4, 0.5) is 5.69 Å². The number of nitrogens with zero attached hydrogens (tertiary/aromatic N) is 2. The summed E-state index contributed by atoms with van der Waals surface area (Å²) in [6, 6.07) is 10.8. The number of likely N-dealkylation sites (tertiary alicyclic amines) is 1. The predicted molar refractivity (Wildman–Crippen MR) is 110 cm³/mol. The van der Waals surface area contributed by atoms with Crippen LogP contribution in [0.15, 0.2) is 42.0 Å². The van der Waals surface area contributed by atoms with E-state index in [1.807, 2.05) is 43.1 Å². The van der Waals surface area contributed by atoms with E-state index in [0.29, 0.717) is 30.6 Å². The SMILES string of the molecule is COc1cc(/C=C2\CN(C)CCC2=O)cc([N+](=O)[O-])c1OCc1cccc(C)c1. The van der Waals surface area contributed by atoms with Crippen LogP contribution in [0.5, 0.6) is 11.5 Å². The number of hydrogen-bond acceptors (Lipinski definition) is 6. The van der Waals surface area contributed by atoms with E-state index >= 15 is 0 Å². The number of carbonyl (C=O) groups excluding carboxylic acids is 1. The monoisotopic (exact) mass is 396 g/mol. The van der Waals surface area contributed by atoms with Gasteiger partial charge in [-0.2, -0.15) is 0 Å². The molecule has 152 valence electrons. The Kier molecular flexibility index (Phi) is 6.29. The minimum absolute atomic E-state index is 0.0597. The van der Waals surface area contributed by atoms with Crippen molar-refractivity contribution in [3.8, 4) is 11.5 Å². The first-order chi connectivity index (χ1) is 13.9. The van der Waals surface area contributed by atoms with Crippen molar-refractivity contribution >= 4 is 17.5 Å². The van der Waals surface area contributed by atoms with Crippen molar-refractivity contribution < 1.29 is 19.2 Å². The van der Waals surface area contributed by atoms with Crippen LogP contribution in [0.3, 0.4) is 0 Å². The summed E-state index contributed by atoms with van der Waals surface area (Å²) >= 11 is 0. The summed E-state index contributed by atoms with van der Waals surface area (Å²) in [5.74, 6) is 0.396. The Morgan fingerprint density at radius 1 is 1.28 bits per heavy atom. The first kappa shape index (κ1) is 20.5. The number of likely N-dealkylation sites (N-methyl/N-ethyl adjacent to an activating group) is 1. The van der Waals surface area contributed by atoms with E-state index in [0.717, 1.165) is 11.1 Å². The Morgan fingerprint density at radius 2 is 2.07 bits per heavy atom. The van der Waals surface area contributed by atoms with E-state index in [9.17, 15) is 14.9 Å². The van der Waals surface area contributed by atoms with Crippen LogP contribution in [-0.4, -0.2) is 42.9 Å². The molecule has 1 aliphatic rings. The third-order valence-electron chi connectivity index (χ3n) is 4.80. The number of nitro benzene ring substituents is 1. The molecule has 0 amide bonds. The third-order valence-corrected chi connectivity index (χ3v) is 4.80. The molecule has 29 heavy (non-hydrogen) atoms. The van der Waals surface area contributed by atoms with E-state index in [4.69, 9.17) is 9.47 Å². The minimum atomic E-state index is -0.495. The number of hydrogen-bond donors (Lipinski definition) is 0. The molecule has 1 heterocycles. The number of piperidine rings is 1. The molecule has 7 nitrogen and oxygen atoms in total. The number of methoxy groups -OCH3 is 1. The molecule has 0 saturated carbocycles. The van der Waals surface area contributed by atoms with E-state index in [1.54, 1.807) is 12.1 Å². The number of ether oxygens (including phenoxy) is 2. The Morgan fingerprint density at radius 3 is 2.76 bits per heavy atom. The molecular weight excluding hydrogens is 372 g/mol. The third kappa shape index (κ3) is 5.00. The fraction of sp³-hybridized carbons (Fsp3) is 0.318. The second kappa shape index (κ2) is 8.87. The number of carbonyl (C=O) groups is 1. The molecule has 1 aliphatic heterocycles. The van der Waals surface area contributed by atoms with Gasteiger partial charge in [0.25, 0.3) is 0 Å². The maximum Gasteiger partial charge on any atom is 0.315 e. The van der Waals surface area contributed by atoms with E-state index < -0.39 is 4.92 Å². The fourth-order valence-corrected chi connectivity index (χ4v) is 3.32. The average molecular weight is 396 g/mol. The van der Waals surface area contributed by atoms with E-state index in [1.165, 1.54) is 13.2 Å². The predicted octanol–water partition coefficient (Wildman–Crippen LogP) is 3.78. The molecule has 2 aromatic carbocycles. The zero-order valence-electron chi connectivity index (χ0n) is 16.8. The van der Waals surface area contributed by atoms with Gasteiger partial charge < -0.3 is 14.4 Å². The first-order valence-corrected chi connectivity index (χ1v) is 9.34. The maximum absolute atomic E-state index is 12.2. The number of benzene rings is 2. The van der Waals surface area contributed by atoms with Crippen molar-refractivity contribution in [1.29, 1.82) is 0 Å². The highest BCUT2D eigenvalue weighted by Crippen LogP contribution is 2.39. The zero-order chi connectivity index (χ0) is 21.0. The molecule has 0 unspecified atom stereocenters. The van der Waals surface area contributed by atoms with Crippen LogP contribution >= 0.6 is 0 Å². The quantitative estimate of drug-likeness (QED) is 0.420. The molecule has 0 atom stereocenters.